The Balaban J connectivity index is 1.93. The predicted octanol–water partition coefficient (Wildman–Crippen LogP) is 3.64. The number of likely N-dealkylation sites (N-methyl/N-ethyl adjacent to an activating group) is 1. The van der Waals surface area contributed by atoms with Crippen LogP contribution in [0.1, 0.15) is 25.0 Å². The summed E-state index contributed by atoms with van der Waals surface area (Å²) in [6.07, 6.45) is -1.81. The van der Waals surface area contributed by atoms with Gasteiger partial charge < -0.3 is 20.3 Å². The molecule has 0 saturated carbocycles. The van der Waals surface area contributed by atoms with Crippen molar-refractivity contribution in [2.75, 3.05) is 24.0 Å². The number of carbonyl (C=O) groups is 3. The van der Waals surface area contributed by atoms with Crippen LogP contribution in [0.2, 0.25) is 0 Å². The highest BCUT2D eigenvalue weighted by molar-refractivity contribution is 6.08. The van der Waals surface area contributed by atoms with Crippen LogP contribution in [0.25, 0.3) is 10.8 Å². The van der Waals surface area contributed by atoms with E-state index < -0.39 is 36.1 Å². The number of anilines is 2. The predicted molar refractivity (Wildman–Crippen MR) is 142 cm³/mol. The third kappa shape index (κ3) is 4.76. The number of nitrogens with one attached hydrogen (secondary N) is 2. The molecule has 3 aromatic rings. The van der Waals surface area contributed by atoms with E-state index in [0.29, 0.717) is 11.3 Å². The first-order chi connectivity index (χ1) is 18.2. The number of halogens is 1. The number of carbonyl (C=O) groups excluding carboxylic acids is 3. The largest absolute Gasteiger partial charge is 0.496 e. The van der Waals surface area contributed by atoms with Crippen molar-refractivity contribution < 1.29 is 23.5 Å². The summed E-state index contributed by atoms with van der Waals surface area (Å²) in [5.41, 5.74) is 1.15. The first-order valence-corrected chi connectivity index (χ1v) is 12.1. The number of fused-ring (bicyclic) bond motifs is 2. The lowest BCUT2D eigenvalue weighted by Gasteiger charge is -2.30. The van der Waals surface area contributed by atoms with Crippen molar-refractivity contribution in [1.29, 1.82) is 5.26 Å². The number of ether oxygens (including phenoxy) is 1. The maximum Gasteiger partial charge on any atom is 0.404 e. The Morgan fingerprint density at radius 2 is 1.89 bits per heavy atom. The summed E-state index contributed by atoms with van der Waals surface area (Å²) >= 11 is 0. The van der Waals surface area contributed by atoms with E-state index in [4.69, 9.17) is 4.74 Å². The van der Waals surface area contributed by atoms with E-state index in [9.17, 15) is 24.0 Å². The molecule has 0 radical (unpaired) electrons. The van der Waals surface area contributed by atoms with Gasteiger partial charge in [0, 0.05) is 5.56 Å². The van der Waals surface area contributed by atoms with Crippen LogP contribution in [0, 0.1) is 11.3 Å². The molecule has 2 N–H and O–H groups in total. The van der Waals surface area contributed by atoms with Crippen LogP contribution in [0.15, 0.2) is 54.6 Å². The Morgan fingerprint density at radius 1 is 1.16 bits per heavy atom. The molecule has 0 spiro atoms. The smallest absolute Gasteiger partial charge is 0.404 e. The number of nitrogens with zero attached hydrogens (tertiary/aromatic N) is 3. The molecule has 0 saturated heterocycles. The molecule has 0 bridgehead atoms. The lowest BCUT2D eigenvalue weighted by Crippen LogP contribution is -2.59. The van der Waals surface area contributed by atoms with Gasteiger partial charge in [0.05, 0.1) is 48.7 Å². The van der Waals surface area contributed by atoms with Crippen LogP contribution < -0.4 is 25.2 Å². The molecular weight excluding hydrogens is 489 g/mol. The number of nitriles is 1. The van der Waals surface area contributed by atoms with E-state index in [1.807, 2.05) is 36.4 Å². The van der Waals surface area contributed by atoms with Crippen molar-refractivity contribution in [1.82, 2.24) is 10.6 Å². The van der Waals surface area contributed by atoms with Crippen LogP contribution in [0.5, 0.6) is 5.75 Å². The molecule has 0 aromatic heterocycles. The highest BCUT2D eigenvalue weighted by atomic mass is 19.1. The number of hydrogen-bond acceptors (Lipinski definition) is 6. The first-order valence-electron chi connectivity index (χ1n) is 12.1. The molecule has 38 heavy (non-hydrogen) atoms. The number of benzene rings is 3. The molecule has 1 aliphatic rings. The maximum absolute atomic E-state index is 14.6. The minimum atomic E-state index is -1.81. The van der Waals surface area contributed by atoms with Gasteiger partial charge in [-0.2, -0.15) is 5.26 Å². The Kier molecular flexibility index (Phi) is 7.60. The Labute approximate surface area is 219 Å². The van der Waals surface area contributed by atoms with Gasteiger partial charge in [-0.3, -0.25) is 14.5 Å². The molecule has 3 amide bonds. The molecule has 1 heterocycles. The average Bonchev–Trinajstić information content (AvgIpc) is 3.00. The Hall–Kier alpha value is -4.49. The zero-order valence-electron chi connectivity index (χ0n) is 21.5. The summed E-state index contributed by atoms with van der Waals surface area (Å²) in [6.45, 7) is 3.10. The van der Waals surface area contributed by atoms with Gasteiger partial charge in [0.15, 0.2) is 0 Å². The molecule has 1 aliphatic heterocycles. The summed E-state index contributed by atoms with van der Waals surface area (Å²) in [4.78, 5) is 41.5. The molecule has 0 fully saturated rings. The van der Waals surface area contributed by atoms with Crippen molar-refractivity contribution in [2.24, 2.45) is 0 Å². The van der Waals surface area contributed by atoms with Crippen molar-refractivity contribution in [3.05, 3.63) is 65.7 Å². The number of rotatable bonds is 6. The average molecular weight is 518 g/mol. The maximum atomic E-state index is 14.6. The van der Waals surface area contributed by atoms with Crippen molar-refractivity contribution in [3.63, 3.8) is 0 Å². The second kappa shape index (κ2) is 10.9. The molecule has 3 atom stereocenters. The molecule has 3 unspecified atom stereocenters. The fraction of sp³-hybridized carbons (Fsp3) is 0.286. The van der Waals surface area contributed by atoms with Crippen molar-refractivity contribution in [3.8, 4) is 11.8 Å². The van der Waals surface area contributed by atoms with Crippen LogP contribution in [0.4, 0.5) is 20.6 Å². The molecule has 0 aliphatic carbocycles. The van der Waals surface area contributed by atoms with Gasteiger partial charge in [0.25, 0.3) is 5.91 Å². The van der Waals surface area contributed by atoms with Gasteiger partial charge in [-0.25, -0.2) is 4.79 Å². The number of methoxy groups -OCH3 is 1. The van der Waals surface area contributed by atoms with Gasteiger partial charge in [-0.05, 0) is 55.9 Å². The van der Waals surface area contributed by atoms with Gasteiger partial charge in [0.1, 0.15) is 11.8 Å². The standard InChI is InChI=1S/C28H28FN5O4/c1-16(31-3)26(35)32-25-17(2)34(28(29)37)23-13-18(14-30)9-11-22(23)33(27(25)36)15-21-20-8-6-5-7-19(20)10-12-24(21)38-4/h5-13,16-17,25,31H,15H2,1-4H3,(H,32,35). The van der Waals surface area contributed by atoms with Crippen molar-refractivity contribution >= 4 is 40.1 Å². The quantitative estimate of drug-likeness (QED) is 0.381. The molecule has 9 nitrogen and oxygen atoms in total. The van der Waals surface area contributed by atoms with E-state index in [1.165, 1.54) is 37.1 Å². The van der Waals surface area contributed by atoms with E-state index in [2.05, 4.69) is 10.6 Å². The fourth-order valence-electron chi connectivity index (χ4n) is 4.71. The van der Waals surface area contributed by atoms with Crippen LogP contribution in [0.3, 0.4) is 0 Å². The van der Waals surface area contributed by atoms with E-state index in [-0.39, 0.29) is 23.5 Å². The summed E-state index contributed by atoms with van der Waals surface area (Å²) in [5.74, 6) is -0.499. The van der Waals surface area contributed by atoms with Gasteiger partial charge >= 0.3 is 6.16 Å². The van der Waals surface area contributed by atoms with Gasteiger partial charge in [-0.1, -0.05) is 30.3 Å². The molecule has 10 heteroatoms. The zero-order valence-corrected chi connectivity index (χ0v) is 21.5. The summed E-state index contributed by atoms with van der Waals surface area (Å²) < 4.78 is 20.2. The van der Waals surface area contributed by atoms with E-state index in [0.717, 1.165) is 15.7 Å². The van der Waals surface area contributed by atoms with Crippen molar-refractivity contribution in [2.45, 2.75) is 38.5 Å². The van der Waals surface area contributed by atoms with Gasteiger partial charge in [-0.15, -0.1) is 4.39 Å². The number of hydrogen-bond donors (Lipinski definition) is 2. The Bertz CT molecular complexity index is 1450. The van der Waals surface area contributed by atoms with Crippen LogP contribution in [-0.2, 0) is 16.1 Å². The summed E-state index contributed by atoms with van der Waals surface area (Å²) in [6, 6.07) is 14.6. The van der Waals surface area contributed by atoms with Crippen LogP contribution in [-0.4, -0.2) is 50.3 Å². The first kappa shape index (κ1) is 26.6. The third-order valence-electron chi connectivity index (χ3n) is 6.92. The second-order valence-corrected chi connectivity index (χ2v) is 9.07. The number of amides is 3. The second-order valence-electron chi connectivity index (χ2n) is 9.07. The molecule has 4 rings (SSSR count). The minimum Gasteiger partial charge on any atom is -0.496 e. The summed E-state index contributed by atoms with van der Waals surface area (Å²) in [7, 11) is 3.12. The summed E-state index contributed by atoms with van der Waals surface area (Å²) in [5, 5.41) is 16.8. The SMILES string of the molecule is CNC(C)C(=O)NC1C(=O)N(Cc2c(OC)ccc3ccccc23)c2ccc(C#N)cc2N(C(=O)F)C1C. The fourth-order valence-corrected chi connectivity index (χ4v) is 4.71. The lowest BCUT2D eigenvalue weighted by molar-refractivity contribution is -0.128. The third-order valence-corrected chi connectivity index (χ3v) is 6.92. The molecule has 196 valence electrons. The zero-order chi connectivity index (χ0) is 27.6. The van der Waals surface area contributed by atoms with Gasteiger partial charge in [0.2, 0.25) is 5.91 Å². The lowest BCUT2D eigenvalue weighted by atomic mass is 10.0. The topological polar surface area (TPSA) is 115 Å². The van der Waals surface area contributed by atoms with Crippen LogP contribution >= 0.6 is 0 Å². The molecule has 3 aromatic carbocycles. The monoisotopic (exact) mass is 517 g/mol. The van der Waals surface area contributed by atoms with E-state index >= 15 is 0 Å². The normalized spacial score (nSPS) is 17.8. The highest BCUT2D eigenvalue weighted by Gasteiger charge is 2.43. The minimum absolute atomic E-state index is 0.00273. The Morgan fingerprint density at radius 3 is 2.55 bits per heavy atom. The molecular formula is C28H28FN5O4. The highest BCUT2D eigenvalue weighted by Crippen LogP contribution is 2.39. The van der Waals surface area contributed by atoms with E-state index in [1.54, 1.807) is 20.0 Å².